The molecule has 29 heavy (non-hydrogen) atoms. The molecule has 0 fully saturated rings. The van der Waals surface area contributed by atoms with Crippen LogP contribution in [0.15, 0.2) is 60.9 Å². The molecule has 0 aliphatic heterocycles. The molecular formula is C22H18FN5O. The van der Waals surface area contributed by atoms with E-state index < -0.39 is 11.7 Å². The van der Waals surface area contributed by atoms with Crippen LogP contribution in [0.5, 0.6) is 0 Å². The van der Waals surface area contributed by atoms with Crippen LogP contribution in [-0.4, -0.2) is 35.0 Å². The number of nitrogens with zero attached hydrogens (tertiary/aromatic N) is 3. The molecule has 0 aliphatic carbocycles. The molecule has 0 saturated heterocycles. The van der Waals surface area contributed by atoms with Gasteiger partial charge in [0.15, 0.2) is 5.82 Å². The zero-order valence-electron chi connectivity index (χ0n) is 15.9. The molecule has 0 saturated carbocycles. The van der Waals surface area contributed by atoms with Crippen LogP contribution in [0.2, 0.25) is 0 Å². The number of fused-ring (bicyclic) bond motifs is 1. The van der Waals surface area contributed by atoms with E-state index in [0.717, 1.165) is 27.6 Å². The average molecular weight is 387 g/mol. The lowest BCUT2D eigenvalue weighted by Crippen LogP contribution is -2.19. The normalized spacial score (nSPS) is 10.7. The van der Waals surface area contributed by atoms with E-state index in [1.807, 2.05) is 30.3 Å². The third-order valence-electron chi connectivity index (χ3n) is 4.62. The minimum absolute atomic E-state index is 0.00196. The Bertz CT molecular complexity index is 1210. The first-order valence-electron chi connectivity index (χ1n) is 9.02. The van der Waals surface area contributed by atoms with E-state index >= 15 is 0 Å². The number of carbonyl (C=O) groups is 1. The van der Waals surface area contributed by atoms with Crippen molar-refractivity contribution in [2.75, 3.05) is 19.4 Å². The van der Waals surface area contributed by atoms with Crippen LogP contribution < -0.4 is 10.6 Å². The van der Waals surface area contributed by atoms with Crippen molar-refractivity contribution in [2.24, 2.45) is 0 Å². The smallest absolute Gasteiger partial charge is 0.254 e. The monoisotopic (exact) mass is 387 g/mol. The number of halogens is 1. The van der Waals surface area contributed by atoms with Crippen molar-refractivity contribution >= 4 is 22.6 Å². The Morgan fingerprint density at radius 2 is 1.76 bits per heavy atom. The van der Waals surface area contributed by atoms with E-state index in [1.54, 1.807) is 31.6 Å². The first-order chi connectivity index (χ1) is 14.1. The number of pyridine rings is 1. The highest BCUT2D eigenvalue weighted by Gasteiger charge is 2.14. The summed E-state index contributed by atoms with van der Waals surface area (Å²) in [6.07, 6.45) is 3.42. The van der Waals surface area contributed by atoms with Gasteiger partial charge in [-0.05, 0) is 47.5 Å². The Labute approximate surface area is 166 Å². The highest BCUT2D eigenvalue weighted by molar-refractivity contribution is 5.97. The van der Waals surface area contributed by atoms with Crippen LogP contribution in [0, 0.1) is 5.82 Å². The number of hydrogen-bond acceptors (Lipinski definition) is 5. The maximum absolute atomic E-state index is 14.0. The number of benzene rings is 2. The van der Waals surface area contributed by atoms with Crippen LogP contribution in [0.25, 0.3) is 33.4 Å². The third-order valence-corrected chi connectivity index (χ3v) is 4.62. The first kappa shape index (κ1) is 18.5. The lowest BCUT2D eigenvalue weighted by atomic mass is 10.0. The highest BCUT2D eigenvalue weighted by Crippen LogP contribution is 2.30. The fourth-order valence-electron chi connectivity index (χ4n) is 3.14. The summed E-state index contributed by atoms with van der Waals surface area (Å²) < 4.78 is 14.0. The van der Waals surface area contributed by atoms with Crippen LogP contribution in [0.1, 0.15) is 10.4 Å². The van der Waals surface area contributed by atoms with Crippen molar-refractivity contribution < 1.29 is 9.18 Å². The molecule has 4 aromatic rings. The van der Waals surface area contributed by atoms with Crippen molar-refractivity contribution in [1.82, 2.24) is 20.3 Å². The van der Waals surface area contributed by atoms with Gasteiger partial charge in [-0.1, -0.05) is 12.1 Å². The van der Waals surface area contributed by atoms with Gasteiger partial charge in [0.05, 0.1) is 11.1 Å². The number of nitrogens with one attached hydrogen (secondary N) is 2. The number of carbonyl (C=O) groups excluding carboxylic acids is 1. The third kappa shape index (κ3) is 3.50. The molecule has 2 N–H and O–H groups in total. The molecule has 7 heteroatoms. The van der Waals surface area contributed by atoms with Gasteiger partial charge in [-0.15, -0.1) is 0 Å². The Morgan fingerprint density at radius 3 is 2.48 bits per heavy atom. The SMILES string of the molecule is CNC(=O)c1cc(-c2ccc3nc(-c4cccnc4)nc(NC)c3c2)ccc1F. The Hall–Kier alpha value is -3.87. The first-order valence-corrected chi connectivity index (χ1v) is 9.02. The molecule has 0 atom stereocenters. The summed E-state index contributed by atoms with van der Waals surface area (Å²) in [5.74, 6) is 0.218. The molecule has 0 spiro atoms. The van der Waals surface area contributed by atoms with Crippen LogP contribution >= 0.6 is 0 Å². The average Bonchev–Trinajstić information content (AvgIpc) is 2.78. The van der Waals surface area contributed by atoms with E-state index in [2.05, 4.69) is 25.6 Å². The van der Waals surface area contributed by atoms with Crippen molar-refractivity contribution in [3.63, 3.8) is 0 Å². The largest absolute Gasteiger partial charge is 0.373 e. The van der Waals surface area contributed by atoms with E-state index in [1.165, 1.54) is 13.1 Å². The van der Waals surface area contributed by atoms with Gasteiger partial charge in [0.25, 0.3) is 5.91 Å². The molecule has 0 unspecified atom stereocenters. The number of amides is 1. The van der Waals surface area contributed by atoms with Crippen molar-refractivity contribution in [1.29, 1.82) is 0 Å². The second kappa shape index (κ2) is 7.63. The van der Waals surface area contributed by atoms with Crippen molar-refractivity contribution in [2.45, 2.75) is 0 Å². The minimum Gasteiger partial charge on any atom is -0.373 e. The van der Waals surface area contributed by atoms with Crippen molar-refractivity contribution in [3.05, 3.63) is 72.3 Å². The summed E-state index contributed by atoms with van der Waals surface area (Å²) in [5.41, 5.74) is 3.15. The quantitative estimate of drug-likeness (QED) is 0.555. The zero-order chi connectivity index (χ0) is 20.4. The molecule has 0 aliphatic rings. The highest BCUT2D eigenvalue weighted by atomic mass is 19.1. The summed E-state index contributed by atoms with van der Waals surface area (Å²) >= 11 is 0. The molecule has 2 aromatic heterocycles. The second-order valence-corrected chi connectivity index (χ2v) is 6.39. The summed E-state index contributed by atoms with van der Waals surface area (Å²) in [4.78, 5) is 25.3. The van der Waals surface area contributed by atoms with E-state index in [4.69, 9.17) is 0 Å². The molecule has 6 nitrogen and oxygen atoms in total. The molecule has 1 amide bonds. The lowest BCUT2D eigenvalue weighted by molar-refractivity contribution is 0.0959. The van der Waals surface area contributed by atoms with E-state index in [9.17, 15) is 9.18 Å². The molecule has 4 rings (SSSR count). The van der Waals surface area contributed by atoms with Gasteiger partial charge in [-0.3, -0.25) is 9.78 Å². The van der Waals surface area contributed by atoms with Crippen molar-refractivity contribution in [3.8, 4) is 22.5 Å². The van der Waals surface area contributed by atoms with Gasteiger partial charge in [0, 0.05) is 37.4 Å². The van der Waals surface area contributed by atoms with Crippen LogP contribution in [0.4, 0.5) is 10.2 Å². The zero-order valence-corrected chi connectivity index (χ0v) is 15.9. The Balaban J connectivity index is 1.84. The number of anilines is 1. The van der Waals surface area contributed by atoms with Crippen LogP contribution in [0.3, 0.4) is 0 Å². The molecule has 144 valence electrons. The fraction of sp³-hybridized carbons (Fsp3) is 0.0909. The number of rotatable bonds is 4. The summed E-state index contributed by atoms with van der Waals surface area (Å²) in [5, 5.41) is 6.39. The maximum Gasteiger partial charge on any atom is 0.254 e. The predicted molar refractivity (Wildman–Crippen MR) is 111 cm³/mol. The topological polar surface area (TPSA) is 79.8 Å². The lowest BCUT2D eigenvalue weighted by Gasteiger charge is -2.11. The fourth-order valence-corrected chi connectivity index (χ4v) is 3.14. The van der Waals surface area contributed by atoms with Gasteiger partial charge in [-0.25, -0.2) is 14.4 Å². The standard InChI is InChI=1S/C22H18FN5O/c1-24-21-17-11-14(13-5-7-18(23)16(10-13)22(29)25-2)6-8-19(17)27-20(28-21)15-4-3-9-26-12-15/h3-12H,1-2H3,(H,25,29)(H,24,27,28). The Kier molecular flexibility index (Phi) is 4.87. The number of hydrogen-bond donors (Lipinski definition) is 2. The molecule has 2 heterocycles. The van der Waals surface area contributed by atoms with Gasteiger partial charge >= 0.3 is 0 Å². The molecule has 2 aromatic carbocycles. The van der Waals surface area contributed by atoms with Gasteiger partial charge in [0.1, 0.15) is 11.6 Å². The maximum atomic E-state index is 14.0. The number of aromatic nitrogens is 3. The van der Waals surface area contributed by atoms with E-state index in [0.29, 0.717) is 11.6 Å². The van der Waals surface area contributed by atoms with Gasteiger partial charge in [-0.2, -0.15) is 0 Å². The summed E-state index contributed by atoms with van der Waals surface area (Å²) in [7, 11) is 3.27. The predicted octanol–water partition coefficient (Wildman–Crippen LogP) is 3.90. The summed E-state index contributed by atoms with van der Waals surface area (Å²) in [6.45, 7) is 0. The molecule has 0 bridgehead atoms. The van der Waals surface area contributed by atoms with Gasteiger partial charge in [0.2, 0.25) is 0 Å². The second-order valence-electron chi connectivity index (χ2n) is 6.39. The summed E-state index contributed by atoms with van der Waals surface area (Å²) in [6, 6.07) is 13.9. The van der Waals surface area contributed by atoms with Gasteiger partial charge < -0.3 is 10.6 Å². The Morgan fingerprint density at radius 1 is 0.966 bits per heavy atom. The van der Waals surface area contributed by atoms with Crippen LogP contribution in [-0.2, 0) is 0 Å². The molecule has 0 radical (unpaired) electrons. The molecular weight excluding hydrogens is 369 g/mol. The minimum atomic E-state index is -0.561. The van der Waals surface area contributed by atoms with E-state index in [-0.39, 0.29) is 5.56 Å².